The van der Waals surface area contributed by atoms with Gasteiger partial charge in [-0.3, -0.25) is 10.1 Å². The monoisotopic (exact) mass is 390 g/mol. The van der Waals surface area contributed by atoms with Gasteiger partial charge in [-0.25, -0.2) is 22.4 Å². The van der Waals surface area contributed by atoms with Crippen molar-refractivity contribution in [1.29, 1.82) is 0 Å². The molecule has 2 rings (SSSR count). The number of imide groups is 1. The van der Waals surface area contributed by atoms with Gasteiger partial charge in [0.1, 0.15) is 22.9 Å². The molecule has 2 N–H and O–H groups in total. The summed E-state index contributed by atoms with van der Waals surface area (Å²) in [6.45, 7) is 0. The lowest BCUT2D eigenvalue weighted by Gasteiger charge is -2.09. The Hall–Kier alpha value is -2.42. The van der Waals surface area contributed by atoms with E-state index in [-0.39, 0.29) is 4.47 Å². The summed E-state index contributed by atoms with van der Waals surface area (Å²) >= 11 is 2.85. The van der Waals surface area contributed by atoms with E-state index in [1.54, 1.807) is 10.6 Å². The zero-order chi connectivity index (χ0) is 17.1. The number of carbonyl (C=O) groups excluding carboxylic acids is 2. The number of nitrogens with one attached hydrogen (secondary N) is 2. The minimum atomic E-state index is -1.39. The number of amides is 3. The Kier molecular flexibility index (Phi) is 4.99. The SMILES string of the molecule is O=C(NC(=O)c1c(F)cccc1F)Nc1c(F)cc(Br)cc1F. The van der Waals surface area contributed by atoms with Crippen molar-refractivity contribution in [2.75, 3.05) is 5.32 Å². The number of urea groups is 1. The van der Waals surface area contributed by atoms with Gasteiger partial charge in [0.05, 0.1) is 0 Å². The fourth-order valence-electron chi connectivity index (χ4n) is 1.69. The van der Waals surface area contributed by atoms with Gasteiger partial charge in [0.2, 0.25) is 0 Å². The predicted octanol–water partition coefficient (Wildman–Crippen LogP) is 3.97. The molecule has 0 heterocycles. The Balaban J connectivity index is 2.16. The molecule has 0 fully saturated rings. The lowest BCUT2D eigenvalue weighted by atomic mass is 10.2. The number of hydrogen-bond donors (Lipinski definition) is 2. The molecule has 0 bridgehead atoms. The van der Waals surface area contributed by atoms with Crippen LogP contribution in [0.1, 0.15) is 10.4 Å². The summed E-state index contributed by atoms with van der Waals surface area (Å²) in [7, 11) is 0. The van der Waals surface area contributed by atoms with Crippen LogP contribution in [0.3, 0.4) is 0 Å². The van der Waals surface area contributed by atoms with Gasteiger partial charge >= 0.3 is 6.03 Å². The number of anilines is 1. The van der Waals surface area contributed by atoms with Crippen LogP contribution in [-0.4, -0.2) is 11.9 Å². The summed E-state index contributed by atoms with van der Waals surface area (Å²) in [5, 5.41) is 3.34. The normalized spacial score (nSPS) is 10.3. The second-order valence-corrected chi connectivity index (χ2v) is 5.17. The van der Waals surface area contributed by atoms with E-state index in [0.717, 1.165) is 30.3 Å². The van der Waals surface area contributed by atoms with Crippen molar-refractivity contribution in [3.05, 3.63) is 63.6 Å². The van der Waals surface area contributed by atoms with E-state index in [4.69, 9.17) is 0 Å². The molecule has 23 heavy (non-hydrogen) atoms. The van der Waals surface area contributed by atoms with E-state index in [1.807, 2.05) is 0 Å². The molecular weight excluding hydrogens is 384 g/mol. The number of benzene rings is 2. The molecule has 0 unspecified atom stereocenters. The van der Waals surface area contributed by atoms with Gasteiger partial charge < -0.3 is 5.32 Å². The summed E-state index contributed by atoms with van der Waals surface area (Å²) in [6, 6.07) is 3.11. The Morgan fingerprint density at radius 2 is 1.43 bits per heavy atom. The van der Waals surface area contributed by atoms with Crippen LogP contribution in [0.2, 0.25) is 0 Å². The van der Waals surface area contributed by atoms with Crippen molar-refractivity contribution in [3.8, 4) is 0 Å². The highest BCUT2D eigenvalue weighted by atomic mass is 79.9. The Labute approximate surface area is 135 Å². The first-order chi connectivity index (χ1) is 10.8. The van der Waals surface area contributed by atoms with Crippen LogP contribution in [0.25, 0.3) is 0 Å². The van der Waals surface area contributed by atoms with Gasteiger partial charge in [-0.2, -0.15) is 0 Å². The molecule has 4 nitrogen and oxygen atoms in total. The van der Waals surface area contributed by atoms with Crippen molar-refractivity contribution in [1.82, 2.24) is 5.32 Å². The molecule has 2 aromatic carbocycles. The molecule has 0 atom stereocenters. The summed E-state index contributed by atoms with van der Waals surface area (Å²) in [5.74, 6) is -5.96. The molecule has 0 radical (unpaired) electrons. The predicted molar refractivity (Wildman–Crippen MR) is 76.9 cm³/mol. The van der Waals surface area contributed by atoms with Crippen molar-refractivity contribution in [3.63, 3.8) is 0 Å². The second-order valence-electron chi connectivity index (χ2n) is 4.25. The van der Waals surface area contributed by atoms with Crippen LogP contribution in [0, 0.1) is 23.3 Å². The van der Waals surface area contributed by atoms with Crippen molar-refractivity contribution >= 4 is 33.6 Å². The topological polar surface area (TPSA) is 58.2 Å². The van der Waals surface area contributed by atoms with Crippen LogP contribution >= 0.6 is 15.9 Å². The Morgan fingerprint density at radius 3 is 1.96 bits per heavy atom. The van der Waals surface area contributed by atoms with Gasteiger partial charge in [0, 0.05) is 4.47 Å². The van der Waals surface area contributed by atoms with Gasteiger partial charge in [-0.05, 0) is 24.3 Å². The van der Waals surface area contributed by atoms with E-state index >= 15 is 0 Å². The molecule has 0 aliphatic heterocycles. The third-order valence-electron chi connectivity index (χ3n) is 2.66. The van der Waals surface area contributed by atoms with E-state index in [0.29, 0.717) is 0 Å². The largest absolute Gasteiger partial charge is 0.326 e. The first-order valence-electron chi connectivity index (χ1n) is 6.00. The average molecular weight is 391 g/mol. The molecule has 0 saturated carbocycles. The highest BCUT2D eigenvalue weighted by Gasteiger charge is 2.20. The molecule has 0 aliphatic carbocycles. The smallest absolute Gasteiger partial charge is 0.302 e. The van der Waals surface area contributed by atoms with Crippen LogP contribution in [0.5, 0.6) is 0 Å². The number of rotatable bonds is 2. The first kappa shape index (κ1) is 16.9. The molecule has 120 valence electrons. The zero-order valence-electron chi connectivity index (χ0n) is 11.1. The van der Waals surface area contributed by atoms with Gasteiger partial charge in [-0.15, -0.1) is 0 Å². The van der Waals surface area contributed by atoms with Crippen molar-refractivity contribution in [2.45, 2.75) is 0 Å². The lowest BCUT2D eigenvalue weighted by molar-refractivity contribution is 0.0959. The van der Waals surface area contributed by atoms with E-state index in [2.05, 4.69) is 15.9 Å². The Morgan fingerprint density at radius 1 is 0.913 bits per heavy atom. The zero-order valence-corrected chi connectivity index (χ0v) is 12.7. The third-order valence-corrected chi connectivity index (χ3v) is 3.12. The summed E-state index contributed by atoms with van der Waals surface area (Å²) in [4.78, 5) is 23.2. The van der Waals surface area contributed by atoms with Crippen molar-refractivity contribution in [2.24, 2.45) is 0 Å². The summed E-state index contributed by atoms with van der Waals surface area (Å²) in [6.07, 6.45) is 0. The van der Waals surface area contributed by atoms with Gasteiger partial charge in [0.15, 0.2) is 11.6 Å². The summed E-state index contributed by atoms with van der Waals surface area (Å²) < 4.78 is 54.0. The van der Waals surface area contributed by atoms with E-state index in [9.17, 15) is 27.2 Å². The minimum absolute atomic E-state index is 0.1000. The molecule has 3 amide bonds. The highest BCUT2D eigenvalue weighted by Crippen LogP contribution is 2.23. The second kappa shape index (κ2) is 6.78. The minimum Gasteiger partial charge on any atom is -0.302 e. The van der Waals surface area contributed by atoms with E-state index in [1.165, 1.54) is 0 Å². The highest BCUT2D eigenvalue weighted by molar-refractivity contribution is 9.10. The Bertz CT molecular complexity index is 755. The van der Waals surface area contributed by atoms with Gasteiger partial charge in [-0.1, -0.05) is 22.0 Å². The first-order valence-corrected chi connectivity index (χ1v) is 6.79. The van der Waals surface area contributed by atoms with E-state index < -0.39 is 46.5 Å². The molecule has 0 spiro atoms. The maximum absolute atomic E-state index is 13.5. The molecule has 0 saturated heterocycles. The van der Waals surface area contributed by atoms with Crippen molar-refractivity contribution < 1.29 is 27.2 Å². The number of halogens is 5. The maximum atomic E-state index is 13.5. The average Bonchev–Trinajstić information content (AvgIpc) is 2.42. The number of hydrogen-bond acceptors (Lipinski definition) is 2. The third kappa shape index (κ3) is 3.86. The number of carbonyl (C=O) groups is 2. The van der Waals surface area contributed by atoms with Gasteiger partial charge in [0.25, 0.3) is 5.91 Å². The fraction of sp³-hybridized carbons (Fsp3) is 0. The van der Waals surface area contributed by atoms with Crippen LogP contribution in [-0.2, 0) is 0 Å². The maximum Gasteiger partial charge on any atom is 0.326 e. The van der Waals surface area contributed by atoms with Crippen LogP contribution < -0.4 is 10.6 Å². The molecule has 0 aromatic heterocycles. The lowest BCUT2D eigenvalue weighted by Crippen LogP contribution is -2.35. The molecule has 0 aliphatic rings. The fourth-order valence-corrected chi connectivity index (χ4v) is 2.09. The molecular formula is C14H7BrF4N2O2. The van der Waals surface area contributed by atoms with Crippen LogP contribution in [0.4, 0.5) is 28.0 Å². The summed E-state index contributed by atoms with van der Waals surface area (Å²) in [5.41, 5.74) is -1.80. The molecule has 2 aromatic rings. The molecule has 9 heteroatoms. The standard InChI is InChI=1S/C14H7BrF4N2O2/c15-6-4-9(18)12(10(19)5-6)20-14(23)21-13(22)11-7(16)2-1-3-8(11)17/h1-5H,(H2,20,21,22,23). The quantitative estimate of drug-likeness (QED) is 0.762. The van der Waals surface area contributed by atoms with Crippen LogP contribution in [0.15, 0.2) is 34.8 Å².